The van der Waals surface area contributed by atoms with Crippen LogP contribution in [0.4, 0.5) is 0 Å². The van der Waals surface area contributed by atoms with E-state index in [0.29, 0.717) is 0 Å². The molecule has 0 radical (unpaired) electrons. The van der Waals surface area contributed by atoms with Gasteiger partial charge in [-0.2, -0.15) is 0 Å². The van der Waals surface area contributed by atoms with Gasteiger partial charge in [-0.05, 0) is 37.1 Å². The SMILES string of the molecule is Cc1ccc(-c2ccoc2C(=O)c2occc2-c2ccc(C)cc2)cc1. The topological polar surface area (TPSA) is 43.4 Å². The monoisotopic (exact) mass is 342 g/mol. The van der Waals surface area contributed by atoms with Crippen LogP contribution in [0.25, 0.3) is 22.3 Å². The van der Waals surface area contributed by atoms with Crippen molar-refractivity contribution < 1.29 is 13.6 Å². The summed E-state index contributed by atoms with van der Waals surface area (Å²) in [5.74, 6) is 0.320. The van der Waals surface area contributed by atoms with E-state index >= 15 is 0 Å². The molecule has 0 spiro atoms. The van der Waals surface area contributed by atoms with E-state index in [2.05, 4.69) is 0 Å². The van der Waals surface area contributed by atoms with Crippen molar-refractivity contribution in [2.75, 3.05) is 0 Å². The zero-order chi connectivity index (χ0) is 18.1. The average molecular weight is 342 g/mol. The summed E-state index contributed by atoms with van der Waals surface area (Å²) in [4.78, 5) is 13.1. The van der Waals surface area contributed by atoms with E-state index in [1.54, 1.807) is 0 Å². The van der Waals surface area contributed by atoms with Crippen LogP contribution in [0.2, 0.25) is 0 Å². The van der Waals surface area contributed by atoms with Gasteiger partial charge in [-0.15, -0.1) is 0 Å². The molecule has 0 aliphatic rings. The molecule has 4 aromatic rings. The van der Waals surface area contributed by atoms with E-state index in [1.165, 1.54) is 12.5 Å². The summed E-state index contributed by atoms with van der Waals surface area (Å²) in [5, 5.41) is 0. The Morgan fingerprint density at radius 2 is 1.00 bits per heavy atom. The molecule has 4 rings (SSSR count). The third-order valence-corrected chi connectivity index (χ3v) is 4.47. The normalized spacial score (nSPS) is 10.8. The van der Waals surface area contributed by atoms with Crippen molar-refractivity contribution in [3.05, 3.63) is 95.8 Å². The van der Waals surface area contributed by atoms with Crippen LogP contribution in [0.3, 0.4) is 0 Å². The number of rotatable bonds is 4. The van der Waals surface area contributed by atoms with E-state index in [-0.39, 0.29) is 17.3 Å². The van der Waals surface area contributed by atoms with Crippen molar-refractivity contribution in [3.63, 3.8) is 0 Å². The Bertz CT molecular complexity index is 962. The predicted molar refractivity (Wildman–Crippen MR) is 101 cm³/mol. The summed E-state index contributed by atoms with van der Waals surface area (Å²) in [6.45, 7) is 4.06. The molecule has 0 aliphatic carbocycles. The molecule has 0 bridgehead atoms. The zero-order valence-corrected chi connectivity index (χ0v) is 14.7. The highest BCUT2D eigenvalue weighted by molar-refractivity contribution is 6.12. The van der Waals surface area contributed by atoms with Crippen molar-refractivity contribution in [3.8, 4) is 22.3 Å². The average Bonchev–Trinajstić information content (AvgIpc) is 3.32. The third kappa shape index (κ3) is 2.88. The lowest BCUT2D eigenvalue weighted by atomic mass is 9.99. The smallest absolute Gasteiger partial charge is 0.264 e. The summed E-state index contributed by atoms with van der Waals surface area (Å²) in [5.41, 5.74) is 5.74. The Morgan fingerprint density at radius 3 is 1.38 bits per heavy atom. The van der Waals surface area contributed by atoms with Crippen LogP contribution in [0.5, 0.6) is 0 Å². The first-order chi connectivity index (χ1) is 12.6. The summed E-state index contributed by atoms with van der Waals surface area (Å²) in [6.07, 6.45) is 3.08. The van der Waals surface area contributed by atoms with Gasteiger partial charge < -0.3 is 8.83 Å². The lowest BCUT2D eigenvalue weighted by Gasteiger charge is -2.05. The Labute approximate surface area is 151 Å². The molecule has 0 atom stereocenters. The van der Waals surface area contributed by atoms with E-state index in [1.807, 2.05) is 74.5 Å². The molecule has 0 N–H and O–H groups in total. The van der Waals surface area contributed by atoms with Gasteiger partial charge in [-0.25, -0.2) is 0 Å². The third-order valence-electron chi connectivity index (χ3n) is 4.47. The number of hydrogen-bond acceptors (Lipinski definition) is 3. The Kier molecular flexibility index (Phi) is 4.05. The van der Waals surface area contributed by atoms with Crippen molar-refractivity contribution in [1.82, 2.24) is 0 Å². The van der Waals surface area contributed by atoms with Gasteiger partial charge in [0.25, 0.3) is 5.78 Å². The second-order valence-electron chi connectivity index (χ2n) is 6.39. The van der Waals surface area contributed by atoms with E-state index in [9.17, 15) is 4.79 Å². The zero-order valence-electron chi connectivity index (χ0n) is 14.7. The quantitative estimate of drug-likeness (QED) is 0.424. The summed E-state index contributed by atoms with van der Waals surface area (Å²) < 4.78 is 11.1. The van der Waals surface area contributed by atoms with Gasteiger partial charge in [-0.1, -0.05) is 59.7 Å². The minimum absolute atomic E-state index is 0.258. The Balaban J connectivity index is 1.75. The highest BCUT2D eigenvalue weighted by atomic mass is 16.4. The number of ketones is 1. The highest BCUT2D eigenvalue weighted by Crippen LogP contribution is 2.31. The minimum Gasteiger partial charge on any atom is -0.460 e. The molecule has 26 heavy (non-hydrogen) atoms. The molecule has 2 aromatic carbocycles. The lowest BCUT2D eigenvalue weighted by Crippen LogP contribution is -2.02. The van der Waals surface area contributed by atoms with Crippen molar-refractivity contribution in [1.29, 1.82) is 0 Å². The van der Waals surface area contributed by atoms with E-state index in [0.717, 1.165) is 33.4 Å². The molecular formula is C23H18O3. The maximum atomic E-state index is 13.1. The lowest BCUT2D eigenvalue weighted by molar-refractivity contribution is 0.0985. The van der Waals surface area contributed by atoms with Gasteiger partial charge in [-0.3, -0.25) is 4.79 Å². The van der Waals surface area contributed by atoms with Gasteiger partial charge in [0, 0.05) is 11.1 Å². The standard InChI is InChI=1S/C23H18O3/c1-15-3-7-17(8-4-15)19-11-13-25-22(19)21(24)23-20(12-14-26-23)18-9-5-16(2)6-10-18/h3-14H,1-2H3. The molecule has 3 nitrogen and oxygen atoms in total. The fraction of sp³-hybridized carbons (Fsp3) is 0.0870. The Morgan fingerprint density at radius 1 is 0.615 bits per heavy atom. The molecule has 0 amide bonds. The van der Waals surface area contributed by atoms with Crippen LogP contribution < -0.4 is 0 Å². The number of furan rings is 2. The molecule has 2 heterocycles. The molecule has 0 saturated heterocycles. The molecule has 3 heteroatoms. The maximum absolute atomic E-state index is 13.1. The fourth-order valence-corrected chi connectivity index (χ4v) is 2.99. The van der Waals surface area contributed by atoms with E-state index < -0.39 is 0 Å². The van der Waals surface area contributed by atoms with Crippen LogP contribution in [-0.2, 0) is 0 Å². The molecular weight excluding hydrogens is 324 g/mol. The number of carbonyl (C=O) groups is 1. The van der Waals surface area contributed by atoms with Gasteiger partial charge >= 0.3 is 0 Å². The Hall–Kier alpha value is -3.33. The van der Waals surface area contributed by atoms with E-state index in [4.69, 9.17) is 8.83 Å². The van der Waals surface area contributed by atoms with Crippen LogP contribution in [0, 0.1) is 13.8 Å². The first kappa shape index (κ1) is 16.2. The van der Waals surface area contributed by atoms with Gasteiger partial charge in [0.1, 0.15) is 0 Å². The van der Waals surface area contributed by atoms with Crippen molar-refractivity contribution >= 4 is 5.78 Å². The highest BCUT2D eigenvalue weighted by Gasteiger charge is 2.24. The van der Waals surface area contributed by atoms with Gasteiger partial charge in [0.15, 0.2) is 11.5 Å². The largest absolute Gasteiger partial charge is 0.460 e. The minimum atomic E-state index is -0.258. The van der Waals surface area contributed by atoms with Crippen LogP contribution in [0.1, 0.15) is 27.4 Å². The molecule has 0 unspecified atom stereocenters. The predicted octanol–water partition coefficient (Wildman–Crippen LogP) is 6.05. The molecule has 0 aliphatic heterocycles. The first-order valence-corrected chi connectivity index (χ1v) is 8.47. The summed E-state index contributed by atoms with van der Waals surface area (Å²) in [7, 11) is 0. The number of aryl methyl sites for hydroxylation is 2. The summed E-state index contributed by atoms with van der Waals surface area (Å²) in [6, 6.07) is 19.6. The second kappa shape index (κ2) is 6.52. The van der Waals surface area contributed by atoms with Gasteiger partial charge in [0.05, 0.1) is 12.5 Å². The first-order valence-electron chi connectivity index (χ1n) is 8.47. The van der Waals surface area contributed by atoms with Crippen LogP contribution in [-0.4, -0.2) is 5.78 Å². The van der Waals surface area contributed by atoms with Crippen LogP contribution in [0.15, 0.2) is 82.0 Å². The fourth-order valence-electron chi connectivity index (χ4n) is 2.99. The molecule has 0 fully saturated rings. The number of carbonyl (C=O) groups excluding carboxylic acids is 1. The molecule has 0 saturated carbocycles. The molecule has 128 valence electrons. The van der Waals surface area contributed by atoms with Gasteiger partial charge in [0.2, 0.25) is 0 Å². The number of benzene rings is 2. The number of hydrogen-bond donors (Lipinski definition) is 0. The van der Waals surface area contributed by atoms with Crippen LogP contribution >= 0.6 is 0 Å². The van der Waals surface area contributed by atoms with Crippen molar-refractivity contribution in [2.45, 2.75) is 13.8 Å². The summed E-state index contributed by atoms with van der Waals surface area (Å²) >= 11 is 0. The van der Waals surface area contributed by atoms with Crippen molar-refractivity contribution in [2.24, 2.45) is 0 Å². The maximum Gasteiger partial charge on any atom is 0.264 e. The second-order valence-corrected chi connectivity index (χ2v) is 6.39. The molecule has 2 aromatic heterocycles.